The molecule has 0 unspecified atom stereocenters. The Morgan fingerprint density at radius 2 is 1.81 bits per heavy atom. The van der Waals surface area contributed by atoms with Crippen molar-refractivity contribution in [3.63, 3.8) is 0 Å². The lowest BCUT2D eigenvalue weighted by Gasteiger charge is -2.15. The van der Waals surface area contributed by atoms with E-state index in [-0.39, 0.29) is 10.9 Å². The maximum Gasteiger partial charge on any atom is 0.277 e. The zero-order valence-electron chi connectivity index (χ0n) is 19.5. The molecule has 182 valence electrons. The van der Waals surface area contributed by atoms with Gasteiger partial charge in [-0.25, -0.2) is 14.9 Å². The first-order chi connectivity index (χ1) is 17.9. The molecule has 0 atom stereocenters. The van der Waals surface area contributed by atoms with E-state index in [2.05, 4.69) is 25.6 Å². The van der Waals surface area contributed by atoms with Gasteiger partial charge in [0.05, 0.1) is 11.4 Å². The first-order valence-electron chi connectivity index (χ1n) is 11.2. The standard InChI is InChI=1S/C27H19ClN6O3/c1-16-4-7-19(13-23(16)33-27-30-12-10-22(32-27)18-3-2-11-29-15-18)31-25(36)17-5-8-20(9-6-17)34-24(35)14-21(28)26(34)37/h2-15H,1H3,(H,31,36)(H,30,32,33). The summed E-state index contributed by atoms with van der Waals surface area (Å²) in [4.78, 5) is 50.8. The van der Waals surface area contributed by atoms with Crippen molar-refractivity contribution < 1.29 is 14.4 Å². The quantitative estimate of drug-likeness (QED) is 0.356. The van der Waals surface area contributed by atoms with Gasteiger partial charge in [-0.1, -0.05) is 17.7 Å². The molecule has 0 spiro atoms. The zero-order chi connectivity index (χ0) is 25.9. The fraction of sp³-hybridized carbons (Fsp3) is 0.0370. The van der Waals surface area contributed by atoms with Gasteiger partial charge in [-0.05, 0) is 67.1 Å². The van der Waals surface area contributed by atoms with Crippen LogP contribution in [0.2, 0.25) is 0 Å². The zero-order valence-corrected chi connectivity index (χ0v) is 20.2. The highest BCUT2D eigenvalue weighted by Gasteiger charge is 2.31. The number of pyridine rings is 1. The molecule has 0 saturated heterocycles. The van der Waals surface area contributed by atoms with Gasteiger partial charge in [-0.3, -0.25) is 19.4 Å². The highest BCUT2D eigenvalue weighted by molar-refractivity contribution is 6.51. The molecule has 0 radical (unpaired) electrons. The monoisotopic (exact) mass is 510 g/mol. The molecule has 0 aliphatic carbocycles. The van der Waals surface area contributed by atoms with Crippen LogP contribution in [0.25, 0.3) is 11.3 Å². The first-order valence-corrected chi connectivity index (χ1v) is 11.5. The van der Waals surface area contributed by atoms with Crippen LogP contribution < -0.4 is 15.5 Å². The van der Waals surface area contributed by atoms with Crippen LogP contribution in [-0.2, 0) is 9.59 Å². The Balaban J connectivity index is 1.30. The molecule has 0 fully saturated rings. The maximum absolute atomic E-state index is 12.8. The van der Waals surface area contributed by atoms with Crippen molar-refractivity contribution in [3.8, 4) is 11.3 Å². The van der Waals surface area contributed by atoms with Gasteiger partial charge in [-0.15, -0.1) is 0 Å². The Morgan fingerprint density at radius 3 is 2.51 bits per heavy atom. The van der Waals surface area contributed by atoms with E-state index in [9.17, 15) is 14.4 Å². The van der Waals surface area contributed by atoms with Crippen molar-refractivity contribution in [3.05, 3.63) is 101 Å². The number of aryl methyl sites for hydroxylation is 1. The topological polar surface area (TPSA) is 117 Å². The molecule has 37 heavy (non-hydrogen) atoms. The summed E-state index contributed by atoms with van der Waals surface area (Å²) in [5.41, 5.74) is 4.50. The lowest BCUT2D eigenvalue weighted by Crippen LogP contribution is -2.30. The minimum Gasteiger partial charge on any atom is -0.324 e. The van der Waals surface area contributed by atoms with E-state index >= 15 is 0 Å². The van der Waals surface area contributed by atoms with Gasteiger partial charge in [0.25, 0.3) is 17.7 Å². The summed E-state index contributed by atoms with van der Waals surface area (Å²) in [7, 11) is 0. The van der Waals surface area contributed by atoms with Crippen LogP contribution in [0.3, 0.4) is 0 Å². The fourth-order valence-electron chi connectivity index (χ4n) is 3.70. The van der Waals surface area contributed by atoms with Crippen LogP contribution in [0.4, 0.5) is 23.0 Å². The largest absolute Gasteiger partial charge is 0.324 e. The van der Waals surface area contributed by atoms with Gasteiger partial charge in [0.2, 0.25) is 5.95 Å². The molecule has 0 saturated carbocycles. The molecule has 0 bridgehead atoms. The minimum absolute atomic E-state index is 0.148. The van der Waals surface area contributed by atoms with Gasteiger partial charge in [-0.2, -0.15) is 0 Å². The lowest BCUT2D eigenvalue weighted by atomic mass is 10.1. The molecule has 5 rings (SSSR count). The molecular formula is C27H19ClN6O3. The summed E-state index contributed by atoms with van der Waals surface area (Å²) < 4.78 is 0. The van der Waals surface area contributed by atoms with E-state index in [1.165, 1.54) is 24.3 Å². The van der Waals surface area contributed by atoms with E-state index in [0.29, 0.717) is 22.9 Å². The molecule has 3 heterocycles. The van der Waals surface area contributed by atoms with Crippen LogP contribution >= 0.6 is 11.6 Å². The number of carbonyl (C=O) groups excluding carboxylic acids is 3. The van der Waals surface area contributed by atoms with Crippen LogP contribution in [0.5, 0.6) is 0 Å². The number of halogens is 1. The highest BCUT2D eigenvalue weighted by atomic mass is 35.5. The number of hydrogen-bond acceptors (Lipinski definition) is 7. The van der Waals surface area contributed by atoms with E-state index < -0.39 is 11.8 Å². The van der Waals surface area contributed by atoms with Crippen LogP contribution in [0, 0.1) is 6.92 Å². The summed E-state index contributed by atoms with van der Waals surface area (Å²) in [5.74, 6) is -1.07. The smallest absolute Gasteiger partial charge is 0.277 e. The number of carbonyl (C=O) groups is 3. The van der Waals surface area contributed by atoms with Crippen molar-refractivity contribution in [2.45, 2.75) is 6.92 Å². The van der Waals surface area contributed by atoms with Gasteiger partial charge in [0.15, 0.2) is 0 Å². The Kier molecular flexibility index (Phi) is 6.44. The van der Waals surface area contributed by atoms with Crippen molar-refractivity contribution in [1.82, 2.24) is 15.0 Å². The van der Waals surface area contributed by atoms with Crippen molar-refractivity contribution >= 4 is 52.3 Å². The summed E-state index contributed by atoms with van der Waals surface area (Å²) in [6, 6.07) is 17.1. The first kappa shape index (κ1) is 23.8. The lowest BCUT2D eigenvalue weighted by molar-refractivity contribution is -0.120. The molecule has 1 aliphatic heterocycles. The third kappa shape index (κ3) is 5.07. The van der Waals surface area contributed by atoms with Gasteiger partial charge >= 0.3 is 0 Å². The van der Waals surface area contributed by atoms with E-state index in [0.717, 1.165) is 33.5 Å². The Hall–Kier alpha value is -4.89. The molecule has 2 aromatic heterocycles. The second kappa shape index (κ2) is 10.00. The summed E-state index contributed by atoms with van der Waals surface area (Å²) in [5, 5.41) is 5.91. The molecule has 10 heteroatoms. The Labute approximate surface area is 216 Å². The SMILES string of the molecule is Cc1ccc(NC(=O)c2ccc(N3C(=O)C=C(Cl)C3=O)cc2)cc1Nc1nccc(-c2cccnc2)n1. The molecule has 3 amide bonds. The number of nitrogens with zero attached hydrogens (tertiary/aromatic N) is 4. The Bertz CT molecular complexity index is 1550. The van der Waals surface area contributed by atoms with Crippen molar-refractivity contribution in [2.24, 2.45) is 0 Å². The van der Waals surface area contributed by atoms with Gasteiger partial charge < -0.3 is 10.6 Å². The normalized spacial score (nSPS) is 12.9. The van der Waals surface area contributed by atoms with E-state index in [1.807, 2.05) is 25.1 Å². The second-order valence-electron chi connectivity index (χ2n) is 8.13. The highest BCUT2D eigenvalue weighted by Crippen LogP contribution is 2.26. The van der Waals surface area contributed by atoms with Gasteiger partial charge in [0, 0.05) is 47.2 Å². The number of aromatic nitrogens is 3. The number of benzene rings is 2. The van der Waals surface area contributed by atoms with Crippen molar-refractivity contribution in [1.29, 1.82) is 0 Å². The summed E-state index contributed by atoms with van der Waals surface area (Å²) in [6.45, 7) is 1.93. The summed E-state index contributed by atoms with van der Waals surface area (Å²) in [6.07, 6.45) is 6.15. The molecular weight excluding hydrogens is 492 g/mol. The number of anilines is 4. The van der Waals surface area contributed by atoms with Crippen LogP contribution in [0.15, 0.2) is 90.4 Å². The molecule has 9 nitrogen and oxygen atoms in total. The number of hydrogen-bond donors (Lipinski definition) is 2. The third-order valence-electron chi connectivity index (χ3n) is 5.62. The number of nitrogens with one attached hydrogen (secondary N) is 2. The molecule has 2 N–H and O–H groups in total. The molecule has 2 aromatic carbocycles. The third-order valence-corrected chi connectivity index (χ3v) is 5.89. The fourth-order valence-corrected chi connectivity index (χ4v) is 3.88. The molecule has 1 aliphatic rings. The maximum atomic E-state index is 12.8. The Morgan fingerprint density at radius 1 is 1.00 bits per heavy atom. The predicted molar refractivity (Wildman–Crippen MR) is 141 cm³/mol. The predicted octanol–water partition coefficient (Wildman–Crippen LogP) is 4.84. The summed E-state index contributed by atoms with van der Waals surface area (Å²) >= 11 is 5.75. The number of rotatable bonds is 6. The average molecular weight is 511 g/mol. The van der Waals surface area contributed by atoms with Crippen LogP contribution in [-0.4, -0.2) is 32.7 Å². The number of amides is 3. The number of imide groups is 1. The minimum atomic E-state index is -0.599. The van der Waals surface area contributed by atoms with E-state index in [1.54, 1.807) is 36.8 Å². The average Bonchev–Trinajstić information content (AvgIpc) is 3.17. The second-order valence-corrected chi connectivity index (χ2v) is 8.54. The van der Waals surface area contributed by atoms with Crippen LogP contribution in [0.1, 0.15) is 15.9 Å². The molecule has 4 aromatic rings. The van der Waals surface area contributed by atoms with Gasteiger partial charge in [0.1, 0.15) is 5.03 Å². The van der Waals surface area contributed by atoms with E-state index in [4.69, 9.17) is 11.6 Å². The van der Waals surface area contributed by atoms with Crippen molar-refractivity contribution in [2.75, 3.05) is 15.5 Å².